The lowest BCUT2D eigenvalue weighted by Gasteiger charge is -2.12. The number of anilines is 1. The minimum atomic E-state index is -0.490. The molecule has 1 N–H and O–H groups in total. The normalized spacial score (nSPS) is 10.9. The van der Waals surface area contributed by atoms with Crippen molar-refractivity contribution >= 4 is 40.9 Å². The maximum absolute atomic E-state index is 12.5. The smallest absolute Gasteiger partial charge is 0.266 e. The molecule has 162 valence electrons. The van der Waals surface area contributed by atoms with Crippen LogP contribution in [0.1, 0.15) is 16.7 Å². The van der Waals surface area contributed by atoms with Gasteiger partial charge in [-0.25, -0.2) is 0 Å². The number of nitrogens with one attached hydrogen (secondary N) is 1. The molecule has 0 bridgehead atoms. The van der Waals surface area contributed by atoms with Gasteiger partial charge >= 0.3 is 0 Å². The van der Waals surface area contributed by atoms with Crippen molar-refractivity contribution in [1.82, 2.24) is 0 Å². The fourth-order valence-electron chi connectivity index (χ4n) is 2.83. The molecule has 32 heavy (non-hydrogen) atoms. The van der Waals surface area contributed by atoms with Crippen LogP contribution < -0.4 is 14.8 Å². The van der Waals surface area contributed by atoms with E-state index in [1.807, 2.05) is 31.2 Å². The van der Waals surface area contributed by atoms with E-state index in [1.54, 1.807) is 42.5 Å². The average Bonchev–Trinajstić information content (AvgIpc) is 2.80. The molecule has 0 heterocycles. The highest BCUT2D eigenvalue weighted by Gasteiger charge is 2.12. The van der Waals surface area contributed by atoms with Crippen LogP contribution in [0.4, 0.5) is 5.69 Å². The van der Waals surface area contributed by atoms with Gasteiger partial charge in [0, 0.05) is 5.69 Å². The molecule has 1 amide bonds. The van der Waals surface area contributed by atoms with E-state index in [4.69, 9.17) is 32.7 Å². The fourth-order valence-corrected chi connectivity index (χ4v) is 3.15. The largest absolute Gasteiger partial charge is 0.493 e. The van der Waals surface area contributed by atoms with Gasteiger partial charge in [0.2, 0.25) is 0 Å². The Labute approximate surface area is 196 Å². The number of carbonyl (C=O) groups is 1. The number of ether oxygens (including phenoxy) is 2. The van der Waals surface area contributed by atoms with Crippen molar-refractivity contribution in [3.05, 3.63) is 93.0 Å². The molecule has 5 nitrogen and oxygen atoms in total. The van der Waals surface area contributed by atoms with Gasteiger partial charge in [-0.05, 0) is 60.5 Å². The summed E-state index contributed by atoms with van der Waals surface area (Å²) in [5, 5.41) is 13.1. The van der Waals surface area contributed by atoms with Gasteiger partial charge < -0.3 is 14.8 Å². The van der Waals surface area contributed by atoms with Crippen molar-refractivity contribution in [2.75, 3.05) is 12.4 Å². The maximum Gasteiger partial charge on any atom is 0.266 e. The van der Waals surface area contributed by atoms with Crippen LogP contribution >= 0.6 is 23.2 Å². The number of hydrogen-bond acceptors (Lipinski definition) is 4. The summed E-state index contributed by atoms with van der Waals surface area (Å²) in [5.41, 5.74) is 3.14. The van der Waals surface area contributed by atoms with Gasteiger partial charge in [-0.3, -0.25) is 4.79 Å². The van der Waals surface area contributed by atoms with Crippen LogP contribution in [0.5, 0.6) is 11.5 Å². The molecule has 3 aromatic carbocycles. The van der Waals surface area contributed by atoms with Crippen LogP contribution in [0.3, 0.4) is 0 Å². The monoisotopic (exact) mass is 466 g/mol. The highest BCUT2D eigenvalue weighted by molar-refractivity contribution is 6.42. The number of benzene rings is 3. The Bertz CT molecular complexity index is 1200. The Kier molecular flexibility index (Phi) is 7.77. The zero-order chi connectivity index (χ0) is 23.1. The highest BCUT2D eigenvalue weighted by atomic mass is 35.5. The molecule has 3 rings (SSSR count). The Balaban J connectivity index is 1.74. The molecule has 7 heteroatoms. The maximum atomic E-state index is 12.5. The second kappa shape index (κ2) is 10.7. The Morgan fingerprint density at radius 1 is 1.03 bits per heavy atom. The average molecular weight is 467 g/mol. The van der Waals surface area contributed by atoms with Gasteiger partial charge in [-0.15, -0.1) is 0 Å². The van der Waals surface area contributed by atoms with Crippen molar-refractivity contribution in [3.63, 3.8) is 0 Å². The zero-order valence-corrected chi connectivity index (χ0v) is 19.0. The summed E-state index contributed by atoms with van der Waals surface area (Å²) in [6.45, 7) is 2.22. The standard InChI is InChI=1S/C25H20Cl2N2O3/c1-16-3-7-20(8-4-16)29-25(30)19(14-28)11-17-6-10-23(24(13-17)31-2)32-15-18-5-9-21(26)22(27)12-18/h3-13H,15H2,1-2H3,(H,29,30)/b19-11-. The SMILES string of the molecule is COc1cc(/C=C(/C#N)C(=O)Nc2ccc(C)cc2)ccc1OCc1ccc(Cl)c(Cl)c1. The molecule has 0 aromatic heterocycles. The first kappa shape index (κ1) is 23.2. The molecule has 0 aliphatic heterocycles. The van der Waals surface area contributed by atoms with Crippen LogP contribution in [0.25, 0.3) is 6.08 Å². The van der Waals surface area contributed by atoms with E-state index in [0.29, 0.717) is 32.8 Å². The van der Waals surface area contributed by atoms with E-state index in [1.165, 1.54) is 13.2 Å². The van der Waals surface area contributed by atoms with Crippen molar-refractivity contribution < 1.29 is 14.3 Å². The number of methoxy groups -OCH3 is 1. The quantitative estimate of drug-likeness (QED) is 0.321. The zero-order valence-electron chi connectivity index (χ0n) is 17.5. The summed E-state index contributed by atoms with van der Waals surface area (Å²) in [6, 6.07) is 19.7. The van der Waals surface area contributed by atoms with E-state index in [0.717, 1.165) is 11.1 Å². The van der Waals surface area contributed by atoms with E-state index < -0.39 is 5.91 Å². The van der Waals surface area contributed by atoms with Crippen LogP contribution in [-0.2, 0) is 11.4 Å². The predicted molar refractivity (Wildman–Crippen MR) is 127 cm³/mol. The first-order chi connectivity index (χ1) is 15.4. The van der Waals surface area contributed by atoms with Gasteiger partial charge in [0.05, 0.1) is 17.2 Å². The minimum Gasteiger partial charge on any atom is -0.493 e. The van der Waals surface area contributed by atoms with Crippen LogP contribution in [0.2, 0.25) is 10.0 Å². The van der Waals surface area contributed by atoms with E-state index in [2.05, 4.69) is 5.32 Å². The van der Waals surface area contributed by atoms with Crippen molar-refractivity contribution in [3.8, 4) is 17.6 Å². The molecule has 3 aromatic rings. The molecule has 0 saturated carbocycles. The molecule has 0 saturated heterocycles. The molecule has 0 spiro atoms. The van der Waals surface area contributed by atoms with E-state index in [9.17, 15) is 10.1 Å². The fraction of sp³-hybridized carbons (Fsp3) is 0.120. The van der Waals surface area contributed by atoms with Crippen LogP contribution in [0.15, 0.2) is 66.2 Å². The van der Waals surface area contributed by atoms with Gasteiger partial charge in [-0.1, -0.05) is 53.0 Å². The summed E-state index contributed by atoms with van der Waals surface area (Å²) in [6.07, 6.45) is 1.49. The number of halogens is 2. The summed E-state index contributed by atoms with van der Waals surface area (Å²) in [5.74, 6) is 0.489. The number of aryl methyl sites for hydroxylation is 1. The molecule has 0 unspecified atom stereocenters. The molecule has 0 fully saturated rings. The lowest BCUT2D eigenvalue weighted by atomic mass is 10.1. The highest BCUT2D eigenvalue weighted by Crippen LogP contribution is 2.30. The topological polar surface area (TPSA) is 71.3 Å². The van der Waals surface area contributed by atoms with Gasteiger partial charge in [0.1, 0.15) is 18.2 Å². The van der Waals surface area contributed by atoms with Gasteiger partial charge in [0.25, 0.3) is 5.91 Å². The number of amides is 1. The first-order valence-corrected chi connectivity index (χ1v) is 10.4. The molecular formula is C25H20Cl2N2O3. The van der Waals surface area contributed by atoms with Gasteiger partial charge in [0.15, 0.2) is 11.5 Å². The minimum absolute atomic E-state index is 0.0305. The summed E-state index contributed by atoms with van der Waals surface area (Å²) < 4.78 is 11.3. The molecular weight excluding hydrogens is 447 g/mol. The van der Waals surface area contributed by atoms with Crippen molar-refractivity contribution in [1.29, 1.82) is 5.26 Å². The second-order valence-electron chi connectivity index (χ2n) is 6.94. The predicted octanol–water partition coefficient (Wildman–Crippen LogP) is 6.44. The number of nitrogens with zero attached hydrogens (tertiary/aromatic N) is 1. The molecule has 0 aliphatic rings. The summed E-state index contributed by atoms with van der Waals surface area (Å²) in [7, 11) is 1.52. The van der Waals surface area contributed by atoms with Crippen molar-refractivity contribution in [2.24, 2.45) is 0 Å². The Morgan fingerprint density at radius 2 is 1.78 bits per heavy atom. The number of hydrogen-bond donors (Lipinski definition) is 1. The molecule has 0 radical (unpaired) electrons. The molecule has 0 atom stereocenters. The number of nitriles is 1. The molecule has 0 aliphatic carbocycles. The van der Waals surface area contributed by atoms with E-state index >= 15 is 0 Å². The summed E-state index contributed by atoms with van der Waals surface area (Å²) in [4.78, 5) is 12.5. The third-order valence-electron chi connectivity index (χ3n) is 4.55. The third kappa shape index (κ3) is 6.04. The number of carbonyl (C=O) groups excluding carboxylic acids is 1. The Hall–Kier alpha value is -3.46. The first-order valence-electron chi connectivity index (χ1n) is 9.64. The van der Waals surface area contributed by atoms with Crippen LogP contribution in [0, 0.1) is 18.3 Å². The van der Waals surface area contributed by atoms with Crippen molar-refractivity contribution in [2.45, 2.75) is 13.5 Å². The second-order valence-corrected chi connectivity index (χ2v) is 7.75. The third-order valence-corrected chi connectivity index (χ3v) is 5.29. The summed E-state index contributed by atoms with van der Waals surface area (Å²) >= 11 is 12.0. The van der Waals surface area contributed by atoms with E-state index in [-0.39, 0.29) is 12.2 Å². The van der Waals surface area contributed by atoms with Crippen LogP contribution in [-0.4, -0.2) is 13.0 Å². The number of rotatable bonds is 7. The lowest BCUT2D eigenvalue weighted by Crippen LogP contribution is -2.13. The van der Waals surface area contributed by atoms with Gasteiger partial charge in [-0.2, -0.15) is 5.26 Å². The Morgan fingerprint density at radius 3 is 2.44 bits per heavy atom. The lowest BCUT2D eigenvalue weighted by molar-refractivity contribution is -0.112.